The minimum atomic E-state index is -0.264. The van der Waals surface area contributed by atoms with Gasteiger partial charge >= 0.3 is 0 Å². The normalized spacial score (nSPS) is 9.74. The molecule has 0 radical (unpaired) electrons. The Hall–Kier alpha value is -1.96. The van der Waals surface area contributed by atoms with Crippen molar-refractivity contribution in [3.8, 4) is 6.07 Å². The smallest absolute Gasteiger partial charge is 0.255 e. The molecular weight excluding hydrogens is 280 g/mol. The van der Waals surface area contributed by atoms with Gasteiger partial charge in [-0.2, -0.15) is 5.26 Å². The summed E-state index contributed by atoms with van der Waals surface area (Å²) in [5.41, 5.74) is 1.43. The van der Waals surface area contributed by atoms with Gasteiger partial charge in [-0.1, -0.05) is 11.6 Å². The monoisotopic (exact) mass is 288 g/mol. The summed E-state index contributed by atoms with van der Waals surface area (Å²) >= 11 is 10.1. The number of hydrogen-bond acceptors (Lipinski definition) is 3. The van der Waals surface area contributed by atoms with Crippen molar-refractivity contribution < 1.29 is 4.79 Å². The summed E-state index contributed by atoms with van der Waals surface area (Å²) in [5.74, 6) is -0.264. The van der Waals surface area contributed by atoms with E-state index in [1.807, 2.05) is 6.07 Å². The van der Waals surface area contributed by atoms with Gasteiger partial charge in [0.15, 0.2) is 0 Å². The van der Waals surface area contributed by atoms with Crippen LogP contribution < -0.4 is 5.32 Å². The van der Waals surface area contributed by atoms with Gasteiger partial charge in [0.1, 0.15) is 0 Å². The van der Waals surface area contributed by atoms with Gasteiger partial charge in [-0.3, -0.25) is 4.79 Å². The molecule has 0 atom stereocenters. The molecule has 0 aliphatic carbocycles. The van der Waals surface area contributed by atoms with E-state index >= 15 is 0 Å². The number of nitriles is 1. The van der Waals surface area contributed by atoms with Crippen molar-refractivity contribution in [1.82, 2.24) is 0 Å². The van der Waals surface area contributed by atoms with Gasteiger partial charge in [0.2, 0.25) is 0 Å². The lowest BCUT2D eigenvalue weighted by Gasteiger charge is -2.07. The molecule has 0 bridgehead atoms. The topological polar surface area (TPSA) is 52.9 Å². The summed E-state index contributed by atoms with van der Waals surface area (Å²) in [6.07, 6.45) is 0. The second-order valence-corrected chi connectivity index (χ2v) is 4.73. The molecule has 0 aliphatic rings. The van der Waals surface area contributed by atoms with Crippen LogP contribution in [0.1, 0.15) is 15.9 Å². The van der Waals surface area contributed by atoms with Crippen LogP contribution in [0.3, 0.4) is 0 Å². The number of nitrogens with one attached hydrogen (secondary N) is 1. The third kappa shape index (κ3) is 3.28. The highest BCUT2D eigenvalue weighted by molar-refractivity contribution is 7.80. The number of carbonyl (C=O) groups is 1. The third-order valence-electron chi connectivity index (χ3n) is 2.48. The maximum Gasteiger partial charge on any atom is 0.255 e. The van der Waals surface area contributed by atoms with Crippen LogP contribution in [-0.4, -0.2) is 5.91 Å². The molecule has 0 aliphatic heterocycles. The van der Waals surface area contributed by atoms with Crippen LogP contribution in [-0.2, 0) is 0 Å². The Kier molecular flexibility index (Phi) is 4.10. The number of carbonyl (C=O) groups excluding carboxylic acids is 1. The molecule has 0 aromatic heterocycles. The molecule has 2 rings (SSSR count). The van der Waals surface area contributed by atoms with E-state index < -0.39 is 0 Å². The summed E-state index contributed by atoms with van der Waals surface area (Å²) < 4.78 is 0. The van der Waals surface area contributed by atoms with Crippen molar-refractivity contribution in [2.24, 2.45) is 0 Å². The number of amides is 1. The van der Waals surface area contributed by atoms with Gasteiger partial charge in [-0.15, -0.1) is 12.6 Å². The SMILES string of the molecule is N#Cc1ccc(NC(=O)c2ccc(S)cc2)c(Cl)c1. The van der Waals surface area contributed by atoms with Gasteiger partial charge in [-0.25, -0.2) is 0 Å². The van der Waals surface area contributed by atoms with Crippen molar-refractivity contribution in [3.63, 3.8) is 0 Å². The van der Waals surface area contributed by atoms with E-state index in [9.17, 15) is 4.79 Å². The maximum atomic E-state index is 12.0. The Morgan fingerprint density at radius 1 is 1.21 bits per heavy atom. The molecule has 0 saturated carbocycles. The minimum Gasteiger partial charge on any atom is -0.321 e. The van der Waals surface area contributed by atoms with E-state index in [2.05, 4.69) is 17.9 Å². The molecular formula is C14H9ClN2OS. The number of nitrogens with zero attached hydrogens (tertiary/aromatic N) is 1. The van der Waals surface area contributed by atoms with Crippen molar-refractivity contribution in [2.45, 2.75) is 4.90 Å². The van der Waals surface area contributed by atoms with Crippen molar-refractivity contribution in [1.29, 1.82) is 5.26 Å². The van der Waals surface area contributed by atoms with Gasteiger partial charge in [-0.05, 0) is 42.5 Å². The number of hydrogen-bond donors (Lipinski definition) is 2. The summed E-state index contributed by atoms with van der Waals surface area (Å²) in [4.78, 5) is 12.8. The molecule has 3 nitrogen and oxygen atoms in total. The first kappa shape index (κ1) is 13.5. The van der Waals surface area contributed by atoms with Crippen LogP contribution >= 0.6 is 24.2 Å². The first-order valence-corrected chi connectivity index (χ1v) is 6.22. The van der Waals surface area contributed by atoms with E-state index in [4.69, 9.17) is 16.9 Å². The predicted molar refractivity (Wildman–Crippen MR) is 77.8 cm³/mol. The average Bonchev–Trinajstić information content (AvgIpc) is 2.41. The zero-order valence-electron chi connectivity index (χ0n) is 9.72. The first-order chi connectivity index (χ1) is 9.10. The second-order valence-electron chi connectivity index (χ2n) is 3.81. The molecule has 5 heteroatoms. The van der Waals surface area contributed by atoms with Gasteiger partial charge in [0, 0.05) is 10.5 Å². The predicted octanol–water partition coefficient (Wildman–Crippen LogP) is 3.75. The van der Waals surface area contributed by atoms with E-state index in [-0.39, 0.29) is 5.91 Å². The summed E-state index contributed by atoms with van der Waals surface area (Å²) in [5, 5.41) is 11.8. The lowest BCUT2D eigenvalue weighted by atomic mass is 10.2. The highest BCUT2D eigenvalue weighted by Gasteiger charge is 2.08. The highest BCUT2D eigenvalue weighted by atomic mass is 35.5. The minimum absolute atomic E-state index is 0.264. The average molecular weight is 289 g/mol. The lowest BCUT2D eigenvalue weighted by molar-refractivity contribution is 0.102. The van der Waals surface area contributed by atoms with Gasteiger partial charge < -0.3 is 5.32 Å². The Morgan fingerprint density at radius 3 is 2.47 bits per heavy atom. The van der Waals surface area contributed by atoms with E-state index in [0.29, 0.717) is 21.8 Å². The van der Waals surface area contributed by atoms with Crippen molar-refractivity contribution in [3.05, 3.63) is 58.6 Å². The molecule has 94 valence electrons. The molecule has 0 heterocycles. The van der Waals surface area contributed by atoms with Crippen LogP contribution in [0, 0.1) is 11.3 Å². The molecule has 1 N–H and O–H groups in total. The lowest BCUT2D eigenvalue weighted by Crippen LogP contribution is -2.12. The molecule has 2 aromatic carbocycles. The number of rotatable bonds is 2. The first-order valence-electron chi connectivity index (χ1n) is 5.40. The van der Waals surface area contributed by atoms with Crippen molar-refractivity contribution in [2.75, 3.05) is 5.32 Å². The summed E-state index contributed by atoms with van der Waals surface area (Å²) in [6, 6.07) is 13.5. The molecule has 0 saturated heterocycles. The van der Waals surface area contributed by atoms with Crippen LogP contribution in [0.5, 0.6) is 0 Å². The van der Waals surface area contributed by atoms with Crippen molar-refractivity contribution >= 4 is 35.8 Å². The van der Waals surface area contributed by atoms with Crippen LogP contribution in [0.2, 0.25) is 5.02 Å². The Morgan fingerprint density at radius 2 is 1.89 bits per heavy atom. The van der Waals surface area contributed by atoms with Gasteiger partial charge in [0.25, 0.3) is 5.91 Å². The molecule has 0 spiro atoms. The van der Waals surface area contributed by atoms with Gasteiger partial charge in [0.05, 0.1) is 22.3 Å². The summed E-state index contributed by atoms with van der Waals surface area (Å²) in [6.45, 7) is 0. The quantitative estimate of drug-likeness (QED) is 0.827. The fraction of sp³-hybridized carbons (Fsp3) is 0. The largest absolute Gasteiger partial charge is 0.321 e. The number of anilines is 1. The highest BCUT2D eigenvalue weighted by Crippen LogP contribution is 2.23. The van der Waals surface area contributed by atoms with E-state index in [1.54, 1.807) is 36.4 Å². The van der Waals surface area contributed by atoms with E-state index in [0.717, 1.165) is 4.90 Å². The molecule has 19 heavy (non-hydrogen) atoms. The number of halogens is 1. The Labute approximate surface area is 121 Å². The molecule has 2 aromatic rings. The Balaban J connectivity index is 2.20. The third-order valence-corrected chi connectivity index (χ3v) is 3.09. The standard InChI is InChI=1S/C14H9ClN2OS/c15-12-7-9(8-16)1-6-13(12)17-14(18)10-2-4-11(19)5-3-10/h1-7,19H,(H,17,18). The van der Waals surface area contributed by atoms with Crippen LogP contribution in [0.4, 0.5) is 5.69 Å². The second kappa shape index (κ2) is 5.79. The fourth-order valence-electron chi connectivity index (χ4n) is 1.49. The zero-order chi connectivity index (χ0) is 13.8. The molecule has 0 fully saturated rings. The maximum absolute atomic E-state index is 12.0. The Bertz CT molecular complexity index is 662. The number of thiol groups is 1. The van der Waals surface area contributed by atoms with Crippen LogP contribution in [0.15, 0.2) is 47.4 Å². The zero-order valence-corrected chi connectivity index (χ0v) is 11.4. The summed E-state index contributed by atoms with van der Waals surface area (Å²) in [7, 11) is 0. The molecule has 1 amide bonds. The fourth-order valence-corrected chi connectivity index (χ4v) is 1.87. The number of benzene rings is 2. The molecule has 0 unspecified atom stereocenters. The van der Waals surface area contributed by atoms with Crippen LogP contribution in [0.25, 0.3) is 0 Å². The van der Waals surface area contributed by atoms with E-state index in [1.165, 1.54) is 6.07 Å².